The molecule has 0 bridgehead atoms. The van der Waals surface area contributed by atoms with Gasteiger partial charge in [0.1, 0.15) is 5.52 Å². The molecule has 0 aliphatic heterocycles. The van der Waals surface area contributed by atoms with Crippen LogP contribution in [0.4, 0.5) is 0 Å². The van der Waals surface area contributed by atoms with Crippen molar-refractivity contribution < 1.29 is 10.0 Å². The first-order chi connectivity index (χ1) is 15.1. The molecule has 1 amide bonds. The fourth-order valence-corrected chi connectivity index (χ4v) is 3.66. The van der Waals surface area contributed by atoms with Crippen molar-refractivity contribution in [2.24, 2.45) is 0 Å². The molecule has 2 N–H and O–H groups in total. The summed E-state index contributed by atoms with van der Waals surface area (Å²) in [5.74, 6) is -0.541. The quantitative estimate of drug-likeness (QED) is 0.347. The maximum Gasteiger partial charge on any atom is 0.274 e. The minimum absolute atomic E-state index is 0.407. The zero-order valence-electron chi connectivity index (χ0n) is 16.6. The molecule has 3 aromatic heterocycles. The van der Waals surface area contributed by atoms with Gasteiger partial charge in [0.2, 0.25) is 0 Å². The van der Waals surface area contributed by atoms with E-state index in [1.807, 2.05) is 49.4 Å². The molecule has 152 valence electrons. The number of hydrogen-bond donors (Lipinski definition) is 2. The van der Waals surface area contributed by atoms with Crippen molar-refractivity contribution in [1.29, 1.82) is 0 Å². The number of aromatic nitrogens is 5. The van der Waals surface area contributed by atoms with Gasteiger partial charge in [-0.1, -0.05) is 23.4 Å². The number of carbonyl (C=O) groups excluding carboxylic acids is 1. The molecule has 3 heterocycles. The first-order valence-corrected chi connectivity index (χ1v) is 9.72. The van der Waals surface area contributed by atoms with Gasteiger partial charge in [-0.25, -0.2) is 15.1 Å². The van der Waals surface area contributed by atoms with Crippen molar-refractivity contribution in [1.82, 2.24) is 30.4 Å². The summed E-state index contributed by atoms with van der Waals surface area (Å²) >= 11 is 0. The number of rotatable bonds is 4. The van der Waals surface area contributed by atoms with Crippen LogP contribution in [0.1, 0.15) is 21.5 Å². The molecule has 0 fully saturated rings. The number of nitrogens with zero attached hydrogens (tertiary/aromatic N) is 5. The van der Waals surface area contributed by atoms with Crippen LogP contribution in [0.15, 0.2) is 66.9 Å². The fourth-order valence-electron chi connectivity index (χ4n) is 3.66. The second kappa shape index (κ2) is 7.58. The van der Waals surface area contributed by atoms with E-state index in [1.54, 1.807) is 28.5 Å². The summed E-state index contributed by atoms with van der Waals surface area (Å²) < 4.78 is 1.77. The SMILES string of the molecule is Cc1cc(-c2ccc3nnn(Cc4ccc5ncccc5c4)c3n2)ccc1C(=O)NO. The minimum Gasteiger partial charge on any atom is -0.288 e. The molecule has 0 atom stereocenters. The average molecular weight is 410 g/mol. The lowest BCUT2D eigenvalue weighted by Crippen LogP contribution is -2.19. The first-order valence-electron chi connectivity index (χ1n) is 9.72. The number of hydrogen-bond acceptors (Lipinski definition) is 6. The molecule has 8 nitrogen and oxygen atoms in total. The molecular formula is C23H18N6O2. The van der Waals surface area contributed by atoms with E-state index in [1.165, 1.54) is 0 Å². The summed E-state index contributed by atoms with van der Waals surface area (Å²) in [5.41, 5.74) is 7.83. The van der Waals surface area contributed by atoms with Crippen molar-refractivity contribution in [2.45, 2.75) is 13.5 Å². The molecule has 0 spiro atoms. The zero-order valence-corrected chi connectivity index (χ0v) is 16.6. The third kappa shape index (κ3) is 3.49. The largest absolute Gasteiger partial charge is 0.288 e. The van der Waals surface area contributed by atoms with E-state index in [9.17, 15) is 4.79 Å². The van der Waals surface area contributed by atoms with Gasteiger partial charge in [-0.2, -0.15) is 0 Å². The Morgan fingerprint density at radius 2 is 1.94 bits per heavy atom. The first kappa shape index (κ1) is 18.8. The Morgan fingerprint density at radius 3 is 2.77 bits per heavy atom. The van der Waals surface area contributed by atoms with Crippen LogP contribution in [0, 0.1) is 6.92 Å². The Kier molecular flexibility index (Phi) is 4.61. The molecule has 0 unspecified atom stereocenters. The number of hydroxylamine groups is 1. The number of pyridine rings is 2. The van der Waals surface area contributed by atoms with Gasteiger partial charge in [-0.15, -0.1) is 5.10 Å². The van der Waals surface area contributed by atoms with Crippen LogP contribution in [-0.2, 0) is 6.54 Å². The van der Waals surface area contributed by atoms with E-state index in [2.05, 4.69) is 21.4 Å². The van der Waals surface area contributed by atoms with E-state index in [0.717, 1.165) is 33.3 Å². The summed E-state index contributed by atoms with van der Waals surface area (Å²) in [6, 6.07) is 19.2. The van der Waals surface area contributed by atoms with Gasteiger partial charge >= 0.3 is 0 Å². The van der Waals surface area contributed by atoms with Crippen molar-refractivity contribution in [3.63, 3.8) is 0 Å². The van der Waals surface area contributed by atoms with Crippen molar-refractivity contribution in [3.8, 4) is 11.3 Å². The summed E-state index contributed by atoms with van der Waals surface area (Å²) in [4.78, 5) is 20.9. The van der Waals surface area contributed by atoms with Crippen LogP contribution >= 0.6 is 0 Å². The van der Waals surface area contributed by atoms with E-state index < -0.39 is 5.91 Å². The molecule has 0 aliphatic carbocycles. The van der Waals surface area contributed by atoms with Crippen LogP contribution in [-0.4, -0.2) is 36.1 Å². The monoisotopic (exact) mass is 410 g/mol. The van der Waals surface area contributed by atoms with Crippen molar-refractivity contribution >= 4 is 28.0 Å². The highest BCUT2D eigenvalue weighted by molar-refractivity contribution is 5.95. The molecule has 0 saturated heterocycles. The highest BCUT2D eigenvalue weighted by atomic mass is 16.5. The van der Waals surface area contributed by atoms with Crippen LogP contribution in [0.5, 0.6) is 0 Å². The van der Waals surface area contributed by atoms with Crippen LogP contribution in [0.25, 0.3) is 33.3 Å². The molecule has 8 heteroatoms. The number of aryl methyl sites for hydroxylation is 1. The van der Waals surface area contributed by atoms with E-state index in [4.69, 9.17) is 10.2 Å². The second-order valence-corrected chi connectivity index (χ2v) is 7.29. The Bertz CT molecular complexity index is 1440. The summed E-state index contributed by atoms with van der Waals surface area (Å²) in [6.07, 6.45) is 1.78. The maximum absolute atomic E-state index is 11.7. The van der Waals surface area contributed by atoms with Gasteiger partial charge in [0, 0.05) is 22.7 Å². The Balaban J connectivity index is 1.51. The fraction of sp³-hybridized carbons (Fsp3) is 0.0870. The van der Waals surface area contributed by atoms with E-state index in [-0.39, 0.29) is 0 Å². The standard InChI is InChI=1S/C23H18N6O2/c1-14-11-17(5-6-18(14)23(30)27-31)20-8-9-21-22(25-20)29(28-26-21)13-15-4-7-19-16(12-15)3-2-10-24-19/h2-12,31H,13H2,1H3,(H,27,30). The molecule has 2 aromatic carbocycles. The van der Waals surface area contributed by atoms with Gasteiger partial charge in [-0.3, -0.25) is 15.0 Å². The van der Waals surface area contributed by atoms with Gasteiger partial charge < -0.3 is 0 Å². The lowest BCUT2D eigenvalue weighted by Gasteiger charge is -2.08. The average Bonchev–Trinajstić information content (AvgIpc) is 3.20. The molecule has 0 saturated carbocycles. The highest BCUT2D eigenvalue weighted by Gasteiger charge is 2.12. The van der Waals surface area contributed by atoms with Crippen LogP contribution < -0.4 is 5.48 Å². The normalized spacial score (nSPS) is 11.2. The topological polar surface area (TPSA) is 106 Å². The predicted octanol–water partition coefficient (Wildman–Crippen LogP) is 3.52. The Labute approximate surface area is 177 Å². The number of fused-ring (bicyclic) bond motifs is 2. The van der Waals surface area contributed by atoms with Crippen LogP contribution in [0.2, 0.25) is 0 Å². The zero-order chi connectivity index (χ0) is 21.4. The molecule has 0 radical (unpaired) electrons. The predicted molar refractivity (Wildman–Crippen MR) is 116 cm³/mol. The van der Waals surface area contributed by atoms with E-state index in [0.29, 0.717) is 23.3 Å². The Morgan fingerprint density at radius 1 is 1.06 bits per heavy atom. The smallest absolute Gasteiger partial charge is 0.274 e. The molecule has 0 aliphatic rings. The lowest BCUT2D eigenvalue weighted by molar-refractivity contribution is 0.0705. The summed E-state index contributed by atoms with van der Waals surface area (Å²) in [7, 11) is 0. The van der Waals surface area contributed by atoms with E-state index >= 15 is 0 Å². The minimum atomic E-state index is -0.541. The highest BCUT2D eigenvalue weighted by Crippen LogP contribution is 2.23. The number of amides is 1. The number of benzene rings is 2. The van der Waals surface area contributed by atoms with Gasteiger partial charge in [0.25, 0.3) is 5.91 Å². The van der Waals surface area contributed by atoms with Crippen LogP contribution in [0.3, 0.4) is 0 Å². The molecule has 5 aromatic rings. The van der Waals surface area contributed by atoms with Crippen molar-refractivity contribution in [3.05, 3.63) is 83.6 Å². The van der Waals surface area contributed by atoms with Gasteiger partial charge in [0.05, 0.1) is 17.8 Å². The summed E-state index contributed by atoms with van der Waals surface area (Å²) in [6.45, 7) is 2.35. The Hall–Kier alpha value is -4.17. The maximum atomic E-state index is 11.7. The number of carbonyl (C=O) groups is 1. The molecule has 5 rings (SSSR count). The second-order valence-electron chi connectivity index (χ2n) is 7.29. The summed E-state index contributed by atoms with van der Waals surface area (Å²) in [5, 5.41) is 18.5. The lowest BCUT2D eigenvalue weighted by atomic mass is 10.0. The van der Waals surface area contributed by atoms with Gasteiger partial charge in [-0.05, 0) is 60.5 Å². The molecular weight excluding hydrogens is 392 g/mol. The van der Waals surface area contributed by atoms with Gasteiger partial charge in [0.15, 0.2) is 5.65 Å². The number of nitrogens with one attached hydrogen (secondary N) is 1. The third-order valence-electron chi connectivity index (χ3n) is 5.23. The molecule has 31 heavy (non-hydrogen) atoms. The van der Waals surface area contributed by atoms with Crippen molar-refractivity contribution in [2.75, 3.05) is 0 Å². The third-order valence-corrected chi connectivity index (χ3v) is 5.23.